The van der Waals surface area contributed by atoms with Crippen LogP contribution in [0.3, 0.4) is 0 Å². The fraction of sp³-hybridized carbons (Fsp3) is 0.364. The van der Waals surface area contributed by atoms with E-state index >= 15 is 0 Å². The Morgan fingerprint density at radius 3 is 2.43 bits per heavy atom. The summed E-state index contributed by atoms with van der Waals surface area (Å²) in [4.78, 5) is 25.4. The van der Waals surface area contributed by atoms with Crippen LogP contribution in [-0.4, -0.2) is 37.9 Å². The van der Waals surface area contributed by atoms with Gasteiger partial charge in [-0.25, -0.2) is 9.97 Å². The molecule has 1 aliphatic rings. The van der Waals surface area contributed by atoms with Gasteiger partial charge in [0.2, 0.25) is 0 Å². The average Bonchev–Trinajstić information content (AvgIpc) is 3.19. The first-order valence-corrected chi connectivity index (χ1v) is 11.5. The SMILES string of the molecule is CSCc1ccc(=O)n(-c2ccc(N[C@H]3CC[C@H](Nc4cnc(C)cn4)C3)nc2)c1. The first kappa shape index (κ1) is 20.4. The van der Waals surface area contributed by atoms with Gasteiger partial charge in [0.1, 0.15) is 11.6 Å². The molecule has 2 N–H and O–H groups in total. The summed E-state index contributed by atoms with van der Waals surface area (Å²) in [5.74, 6) is 2.52. The van der Waals surface area contributed by atoms with Crippen LogP contribution in [0.2, 0.25) is 0 Å². The normalized spacial score (nSPS) is 18.3. The van der Waals surface area contributed by atoms with Crippen molar-refractivity contribution in [1.29, 1.82) is 0 Å². The lowest BCUT2D eigenvalue weighted by atomic mass is 10.2. The summed E-state index contributed by atoms with van der Waals surface area (Å²) in [6, 6.07) is 8.10. The van der Waals surface area contributed by atoms with E-state index in [4.69, 9.17) is 0 Å². The monoisotopic (exact) mass is 422 g/mol. The van der Waals surface area contributed by atoms with Gasteiger partial charge in [-0.1, -0.05) is 6.07 Å². The minimum absolute atomic E-state index is 0.0497. The molecular weight excluding hydrogens is 396 g/mol. The Kier molecular flexibility index (Phi) is 6.32. The van der Waals surface area contributed by atoms with E-state index in [0.717, 1.165) is 53.6 Å². The molecule has 1 aliphatic carbocycles. The maximum Gasteiger partial charge on any atom is 0.255 e. The molecule has 0 spiro atoms. The number of pyridine rings is 2. The van der Waals surface area contributed by atoms with Gasteiger partial charge in [0.15, 0.2) is 0 Å². The molecule has 2 atom stereocenters. The van der Waals surface area contributed by atoms with Crippen molar-refractivity contribution in [1.82, 2.24) is 19.5 Å². The lowest BCUT2D eigenvalue weighted by molar-refractivity contribution is 0.719. The molecule has 8 heteroatoms. The molecule has 1 fully saturated rings. The van der Waals surface area contributed by atoms with Crippen LogP contribution >= 0.6 is 11.8 Å². The van der Waals surface area contributed by atoms with E-state index in [9.17, 15) is 4.79 Å². The van der Waals surface area contributed by atoms with Gasteiger partial charge in [0.05, 0.1) is 30.0 Å². The highest BCUT2D eigenvalue weighted by atomic mass is 32.2. The van der Waals surface area contributed by atoms with Crippen molar-refractivity contribution >= 4 is 23.4 Å². The third-order valence-corrected chi connectivity index (χ3v) is 5.85. The van der Waals surface area contributed by atoms with Crippen LogP contribution in [0.1, 0.15) is 30.5 Å². The van der Waals surface area contributed by atoms with Crippen LogP contribution in [0, 0.1) is 6.92 Å². The Bertz CT molecular complexity index is 1030. The summed E-state index contributed by atoms with van der Waals surface area (Å²) < 4.78 is 1.65. The van der Waals surface area contributed by atoms with Gasteiger partial charge in [0, 0.05) is 30.1 Å². The molecule has 0 aromatic carbocycles. The molecule has 3 aromatic rings. The van der Waals surface area contributed by atoms with Crippen LogP contribution < -0.4 is 16.2 Å². The quantitative estimate of drug-likeness (QED) is 0.601. The van der Waals surface area contributed by atoms with Crippen molar-refractivity contribution in [3.05, 3.63) is 70.7 Å². The zero-order chi connectivity index (χ0) is 20.9. The smallest absolute Gasteiger partial charge is 0.255 e. The van der Waals surface area contributed by atoms with Gasteiger partial charge in [-0.15, -0.1) is 0 Å². The predicted octanol–water partition coefficient (Wildman–Crippen LogP) is 3.64. The van der Waals surface area contributed by atoms with Crippen LogP contribution in [-0.2, 0) is 5.75 Å². The molecular formula is C22H26N6OS. The number of nitrogens with zero attached hydrogens (tertiary/aromatic N) is 4. The first-order chi connectivity index (χ1) is 14.6. The molecule has 0 amide bonds. The second kappa shape index (κ2) is 9.30. The molecule has 156 valence electrons. The summed E-state index contributed by atoms with van der Waals surface area (Å²) in [5.41, 5.74) is 2.76. The average molecular weight is 423 g/mol. The van der Waals surface area contributed by atoms with Crippen molar-refractivity contribution in [3.8, 4) is 5.69 Å². The minimum Gasteiger partial charge on any atom is -0.367 e. The van der Waals surface area contributed by atoms with Gasteiger partial charge >= 0.3 is 0 Å². The topological polar surface area (TPSA) is 84.7 Å². The maximum absolute atomic E-state index is 12.2. The third kappa shape index (κ3) is 4.99. The van der Waals surface area contributed by atoms with Gasteiger partial charge < -0.3 is 10.6 Å². The number of hydrogen-bond acceptors (Lipinski definition) is 7. The Morgan fingerprint density at radius 1 is 1.00 bits per heavy atom. The van der Waals surface area contributed by atoms with Gasteiger partial charge in [-0.05, 0) is 50.1 Å². The lowest BCUT2D eigenvalue weighted by Crippen LogP contribution is -2.22. The molecule has 4 rings (SSSR count). The molecule has 0 saturated heterocycles. The molecule has 7 nitrogen and oxygen atoms in total. The van der Waals surface area contributed by atoms with Gasteiger partial charge in [-0.3, -0.25) is 14.3 Å². The highest BCUT2D eigenvalue weighted by molar-refractivity contribution is 7.97. The Balaban J connectivity index is 1.37. The highest BCUT2D eigenvalue weighted by Crippen LogP contribution is 2.25. The molecule has 0 aliphatic heterocycles. The first-order valence-electron chi connectivity index (χ1n) is 10.1. The number of aryl methyl sites for hydroxylation is 1. The van der Waals surface area contributed by atoms with E-state index in [1.165, 1.54) is 0 Å². The van der Waals surface area contributed by atoms with Crippen LogP contribution in [0.5, 0.6) is 0 Å². The molecule has 0 bridgehead atoms. The minimum atomic E-state index is -0.0497. The van der Waals surface area contributed by atoms with Crippen molar-refractivity contribution in [3.63, 3.8) is 0 Å². The largest absolute Gasteiger partial charge is 0.367 e. The third-order valence-electron chi connectivity index (χ3n) is 5.23. The summed E-state index contributed by atoms with van der Waals surface area (Å²) in [7, 11) is 0. The van der Waals surface area contributed by atoms with E-state index in [2.05, 4.69) is 31.8 Å². The number of aromatic nitrogens is 4. The van der Waals surface area contributed by atoms with E-state index in [0.29, 0.717) is 12.1 Å². The zero-order valence-corrected chi connectivity index (χ0v) is 18.0. The van der Waals surface area contributed by atoms with Gasteiger partial charge in [-0.2, -0.15) is 11.8 Å². The lowest BCUT2D eigenvalue weighted by Gasteiger charge is -2.16. The fourth-order valence-electron chi connectivity index (χ4n) is 3.73. The number of nitrogens with one attached hydrogen (secondary N) is 2. The maximum atomic E-state index is 12.2. The number of thioether (sulfide) groups is 1. The van der Waals surface area contributed by atoms with Crippen molar-refractivity contribution in [2.75, 3.05) is 16.9 Å². The highest BCUT2D eigenvalue weighted by Gasteiger charge is 2.25. The second-order valence-corrected chi connectivity index (χ2v) is 8.48. The molecule has 3 aromatic heterocycles. The molecule has 0 radical (unpaired) electrons. The van der Waals surface area contributed by atoms with Crippen LogP contribution in [0.25, 0.3) is 5.69 Å². The summed E-state index contributed by atoms with van der Waals surface area (Å²) in [6.07, 6.45) is 12.4. The molecule has 30 heavy (non-hydrogen) atoms. The molecule has 3 heterocycles. The van der Waals surface area contributed by atoms with Crippen molar-refractivity contribution in [2.24, 2.45) is 0 Å². The Morgan fingerprint density at radius 2 is 1.77 bits per heavy atom. The summed E-state index contributed by atoms with van der Waals surface area (Å²) in [5, 5.41) is 6.98. The number of hydrogen-bond donors (Lipinski definition) is 2. The van der Waals surface area contributed by atoms with Crippen LogP contribution in [0.15, 0.2) is 53.8 Å². The fourth-order valence-corrected chi connectivity index (χ4v) is 4.23. The van der Waals surface area contributed by atoms with E-state index in [-0.39, 0.29) is 5.56 Å². The summed E-state index contributed by atoms with van der Waals surface area (Å²) in [6.45, 7) is 1.93. The van der Waals surface area contributed by atoms with Crippen molar-refractivity contribution < 1.29 is 0 Å². The van der Waals surface area contributed by atoms with Crippen LogP contribution in [0.4, 0.5) is 11.6 Å². The zero-order valence-electron chi connectivity index (χ0n) is 17.2. The number of anilines is 2. The van der Waals surface area contributed by atoms with E-state index in [1.807, 2.05) is 31.3 Å². The number of rotatable bonds is 7. The summed E-state index contributed by atoms with van der Waals surface area (Å²) >= 11 is 1.73. The Hall–Kier alpha value is -2.87. The standard InChI is InChI=1S/C22H26N6OS/c1-15-10-24-21(12-23-15)27-18-5-4-17(9-18)26-20-7-6-19(11-25-20)28-13-16(14-30-2)3-8-22(28)29/h3,6-8,10-13,17-18H,4-5,9,14H2,1-2H3,(H,24,27)(H,25,26)/t17-,18-/m0/s1. The van der Waals surface area contributed by atoms with Crippen molar-refractivity contribution in [2.45, 2.75) is 44.0 Å². The second-order valence-electron chi connectivity index (χ2n) is 7.62. The molecule has 0 unspecified atom stereocenters. The van der Waals surface area contributed by atoms with Gasteiger partial charge in [0.25, 0.3) is 5.56 Å². The predicted molar refractivity (Wildman–Crippen MR) is 122 cm³/mol. The molecule has 1 saturated carbocycles. The Labute approximate surface area is 180 Å². The van der Waals surface area contributed by atoms with E-state index in [1.54, 1.807) is 41.0 Å². The van der Waals surface area contributed by atoms with E-state index < -0.39 is 0 Å².